The highest BCUT2D eigenvalue weighted by molar-refractivity contribution is 5.82. The number of rotatable bonds is 3. The number of amides is 1. The zero-order valence-corrected chi connectivity index (χ0v) is 13.1. The van der Waals surface area contributed by atoms with Gasteiger partial charge in [-0.2, -0.15) is 13.2 Å². The summed E-state index contributed by atoms with van der Waals surface area (Å²) in [5.41, 5.74) is 1.65. The molecule has 5 nitrogen and oxygen atoms in total. The maximum Gasteiger partial charge on any atom is 0.471 e. The molecule has 0 radical (unpaired) electrons. The first-order valence-electron chi connectivity index (χ1n) is 7.65. The molecule has 0 aliphatic carbocycles. The first-order valence-corrected chi connectivity index (χ1v) is 7.65. The summed E-state index contributed by atoms with van der Waals surface area (Å²) in [5, 5.41) is 0. The molecule has 8 heteroatoms. The first kappa shape index (κ1) is 17.1. The maximum atomic E-state index is 12.5. The molecule has 0 atom stereocenters. The summed E-state index contributed by atoms with van der Waals surface area (Å²) in [6.07, 6.45) is -4.20. The van der Waals surface area contributed by atoms with Crippen molar-refractivity contribution in [1.29, 1.82) is 0 Å². The van der Waals surface area contributed by atoms with E-state index in [1.165, 1.54) is 0 Å². The van der Waals surface area contributed by atoms with Crippen LogP contribution in [0.4, 0.5) is 18.9 Å². The highest BCUT2D eigenvalue weighted by Gasteiger charge is 2.43. The Bertz CT molecular complexity index is 760. The fourth-order valence-corrected chi connectivity index (χ4v) is 2.75. The molecule has 0 saturated carbocycles. The summed E-state index contributed by atoms with van der Waals surface area (Å²) in [7, 11) is 0. The summed E-state index contributed by atoms with van der Waals surface area (Å²) in [6.45, 7) is 0.719. The van der Waals surface area contributed by atoms with Crippen LogP contribution in [0.5, 0.6) is 0 Å². The molecule has 132 valence electrons. The van der Waals surface area contributed by atoms with Crippen LogP contribution >= 0.6 is 0 Å². The van der Waals surface area contributed by atoms with Crippen LogP contribution in [-0.4, -0.2) is 49.4 Å². The third-order valence-corrected chi connectivity index (χ3v) is 4.07. The van der Waals surface area contributed by atoms with E-state index < -0.39 is 12.1 Å². The molecule has 1 aliphatic heterocycles. The van der Waals surface area contributed by atoms with Crippen molar-refractivity contribution in [3.8, 4) is 11.3 Å². The summed E-state index contributed by atoms with van der Waals surface area (Å²) >= 11 is 0. The molecule has 3 rings (SSSR count). The van der Waals surface area contributed by atoms with E-state index in [1.807, 2.05) is 29.2 Å². The topological polar surface area (TPSA) is 53.8 Å². The Morgan fingerprint density at radius 2 is 1.64 bits per heavy atom. The lowest BCUT2D eigenvalue weighted by molar-refractivity contribution is -0.185. The minimum absolute atomic E-state index is 0.0287. The summed E-state index contributed by atoms with van der Waals surface area (Å²) in [4.78, 5) is 24.6. The Hall–Kier alpha value is -2.77. The van der Waals surface area contributed by atoms with Gasteiger partial charge in [-0.1, -0.05) is 0 Å². The number of alkyl halides is 3. The van der Waals surface area contributed by atoms with Gasteiger partial charge in [-0.3, -0.25) is 9.59 Å². The molecule has 0 bridgehead atoms. The Labute approximate surface area is 141 Å². The van der Waals surface area contributed by atoms with E-state index in [-0.39, 0.29) is 18.8 Å². The van der Waals surface area contributed by atoms with E-state index in [9.17, 15) is 22.8 Å². The SMILES string of the molecule is O=Cc1ccc(-c2ccc(N3CCN(C(=O)C(F)(F)F)CC3)cc2)o1. The lowest BCUT2D eigenvalue weighted by Crippen LogP contribution is -2.52. The molecule has 2 aromatic rings. The van der Waals surface area contributed by atoms with Gasteiger partial charge in [0.1, 0.15) is 5.76 Å². The van der Waals surface area contributed by atoms with E-state index >= 15 is 0 Å². The van der Waals surface area contributed by atoms with Gasteiger partial charge in [0.15, 0.2) is 12.0 Å². The number of hydrogen-bond donors (Lipinski definition) is 0. The average Bonchev–Trinajstić information content (AvgIpc) is 3.10. The van der Waals surface area contributed by atoms with Crippen molar-refractivity contribution in [1.82, 2.24) is 4.90 Å². The number of hydrogen-bond acceptors (Lipinski definition) is 4. The van der Waals surface area contributed by atoms with Crippen LogP contribution in [0.3, 0.4) is 0 Å². The summed E-state index contributed by atoms with van der Waals surface area (Å²) < 4.78 is 42.7. The minimum Gasteiger partial charge on any atom is -0.453 e. The second-order valence-electron chi connectivity index (χ2n) is 5.64. The van der Waals surface area contributed by atoms with Crippen molar-refractivity contribution < 1.29 is 27.2 Å². The lowest BCUT2D eigenvalue weighted by Gasteiger charge is -2.36. The van der Waals surface area contributed by atoms with Crippen LogP contribution in [-0.2, 0) is 4.79 Å². The number of carbonyl (C=O) groups is 2. The average molecular weight is 352 g/mol. The van der Waals surface area contributed by atoms with Crippen LogP contribution in [0.15, 0.2) is 40.8 Å². The zero-order chi connectivity index (χ0) is 18.0. The zero-order valence-electron chi connectivity index (χ0n) is 13.1. The molecule has 1 aromatic carbocycles. The molecule has 2 heterocycles. The molecule has 0 unspecified atom stereocenters. The normalized spacial score (nSPS) is 15.3. The summed E-state index contributed by atoms with van der Waals surface area (Å²) in [5.74, 6) is -0.981. The lowest BCUT2D eigenvalue weighted by atomic mass is 10.1. The molecular formula is C17H15F3N2O3. The Balaban J connectivity index is 1.64. The Morgan fingerprint density at radius 1 is 1.00 bits per heavy atom. The number of nitrogens with zero attached hydrogens (tertiary/aromatic N) is 2. The molecule has 1 aliphatic rings. The molecular weight excluding hydrogens is 337 g/mol. The van der Waals surface area contributed by atoms with E-state index in [0.29, 0.717) is 25.1 Å². The van der Waals surface area contributed by atoms with Crippen LogP contribution < -0.4 is 4.90 Å². The quantitative estimate of drug-likeness (QED) is 0.797. The fourth-order valence-electron chi connectivity index (χ4n) is 2.75. The second-order valence-corrected chi connectivity index (χ2v) is 5.64. The van der Waals surface area contributed by atoms with Crippen molar-refractivity contribution >= 4 is 17.9 Å². The van der Waals surface area contributed by atoms with Crippen molar-refractivity contribution in [2.24, 2.45) is 0 Å². The molecule has 1 aromatic heterocycles. The highest BCUT2D eigenvalue weighted by atomic mass is 19.4. The molecule has 25 heavy (non-hydrogen) atoms. The third-order valence-electron chi connectivity index (χ3n) is 4.07. The van der Waals surface area contributed by atoms with E-state index in [2.05, 4.69) is 0 Å². The maximum absolute atomic E-state index is 12.5. The van der Waals surface area contributed by atoms with Gasteiger partial charge >= 0.3 is 12.1 Å². The Morgan fingerprint density at radius 3 is 2.16 bits per heavy atom. The number of anilines is 1. The van der Waals surface area contributed by atoms with Gasteiger partial charge in [-0.25, -0.2) is 0 Å². The van der Waals surface area contributed by atoms with Gasteiger partial charge in [-0.15, -0.1) is 0 Å². The van der Waals surface area contributed by atoms with Gasteiger partial charge < -0.3 is 14.2 Å². The molecule has 0 spiro atoms. The number of piperazine rings is 1. The van der Waals surface area contributed by atoms with E-state index in [4.69, 9.17) is 4.42 Å². The van der Waals surface area contributed by atoms with Gasteiger partial charge in [0.2, 0.25) is 0 Å². The number of furan rings is 1. The van der Waals surface area contributed by atoms with Gasteiger partial charge in [0.25, 0.3) is 0 Å². The summed E-state index contributed by atoms with van der Waals surface area (Å²) in [6, 6.07) is 10.6. The number of halogens is 3. The third kappa shape index (κ3) is 3.67. The standard InChI is InChI=1S/C17H15F3N2O3/c18-17(19,20)16(24)22-9-7-21(8-10-22)13-3-1-12(2-4-13)15-6-5-14(11-23)25-15/h1-6,11H,7-10H2. The molecule has 1 saturated heterocycles. The number of carbonyl (C=O) groups excluding carboxylic acids is 2. The fraction of sp³-hybridized carbons (Fsp3) is 0.294. The van der Waals surface area contributed by atoms with Gasteiger partial charge in [0.05, 0.1) is 0 Å². The highest BCUT2D eigenvalue weighted by Crippen LogP contribution is 2.26. The first-order chi connectivity index (χ1) is 11.9. The Kier molecular flexibility index (Phi) is 4.52. The predicted octanol–water partition coefficient (Wildman–Crippen LogP) is 2.97. The van der Waals surface area contributed by atoms with Gasteiger partial charge in [0, 0.05) is 37.4 Å². The largest absolute Gasteiger partial charge is 0.471 e. The predicted molar refractivity (Wildman–Crippen MR) is 84.4 cm³/mol. The van der Waals surface area contributed by atoms with Crippen molar-refractivity contribution in [3.63, 3.8) is 0 Å². The van der Waals surface area contributed by atoms with Crippen molar-refractivity contribution in [3.05, 3.63) is 42.2 Å². The van der Waals surface area contributed by atoms with E-state index in [1.54, 1.807) is 12.1 Å². The van der Waals surface area contributed by atoms with Crippen LogP contribution in [0.25, 0.3) is 11.3 Å². The molecule has 0 N–H and O–H groups in total. The number of aldehydes is 1. The minimum atomic E-state index is -4.83. The monoisotopic (exact) mass is 352 g/mol. The van der Waals surface area contributed by atoms with Crippen LogP contribution in [0.1, 0.15) is 10.6 Å². The smallest absolute Gasteiger partial charge is 0.453 e. The van der Waals surface area contributed by atoms with Crippen molar-refractivity contribution in [2.75, 3.05) is 31.1 Å². The van der Waals surface area contributed by atoms with Crippen molar-refractivity contribution in [2.45, 2.75) is 6.18 Å². The van der Waals surface area contributed by atoms with Crippen LogP contribution in [0.2, 0.25) is 0 Å². The molecule has 1 fully saturated rings. The number of benzene rings is 1. The van der Waals surface area contributed by atoms with Crippen LogP contribution in [0, 0.1) is 0 Å². The molecule has 1 amide bonds. The van der Waals surface area contributed by atoms with Gasteiger partial charge in [-0.05, 0) is 36.4 Å². The van der Waals surface area contributed by atoms with E-state index in [0.717, 1.165) is 16.2 Å². The second kappa shape index (κ2) is 6.62.